The van der Waals surface area contributed by atoms with Gasteiger partial charge in [0.2, 0.25) is 6.36 Å². The van der Waals surface area contributed by atoms with Gasteiger partial charge >= 0.3 is 0 Å². The largest absolute Gasteiger partial charge is 0.461 e. The molecule has 0 saturated carbocycles. The summed E-state index contributed by atoms with van der Waals surface area (Å²) in [5.41, 5.74) is 6.34. The van der Waals surface area contributed by atoms with Crippen LogP contribution in [-0.4, -0.2) is 6.36 Å². The van der Waals surface area contributed by atoms with Gasteiger partial charge in [-0.3, -0.25) is 0 Å². The Bertz CT molecular complexity index is 250. The summed E-state index contributed by atoms with van der Waals surface area (Å²) < 4.78 is 17.2. The predicted octanol–water partition coefficient (Wildman–Crippen LogP) is 1.84. The minimum absolute atomic E-state index is 0.442. The van der Waals surface area contributed by atoms with Crippen LogP contribution in [0.5, 0.6) is 5.75 Å². The van der Waals surface area contributed by atoms with Gasteiger partial charge < -0.3 is 10.5 Å². The molecule has 1 aromatic rings. The van der Waals surface area contributed by atoms with Crippen molar-refractivity contribution in [3.8, 4) is 5.75 Å². The lowest BCUT2D eigenvalue weighted by Gasteiger charge is -2.07. The molecule has 0 aromatic heterocycles. The number of hydrogen-bond acceptors (Lipinski definition) is 2. The molecule has 0 radical (unpaired) electrons. The van der Waals surface area contributed by atoms with Gasteiger partial charge in [-0.05, 0) is 17.7 Å². The molecule has 0 fully saturated rings. The van der Waals surface area contributed by atoms with E-state index in [9.17, 15) is 4.39 Å². The molecule has 0 saturated heterocycles. The summed E-state index contributed by atoms with van der Waals surface area (Å²) in [7, 11) is 0. The summed E-state index contributed by atoms with van der Waals surface area (Å²) in [6, 6.07) is 7.10. The molecule has 1 atom stereocenters. The van der Waals surface area contributed by atoms with Crippen LogP contribution in [0.15, 0.2) is 24.3 Å². The molecule has 0 aliphatic rings. The van der Waals surface area contributed by atoms with Crippen LogP contribution < -0.4 is 10.5 Å². The molecule has 0 spiro atoms. The van der Waals surface area contributed by atoms with Crippen molar-refractivity contribution >= 4 is 0 Å². The maximum Gasteiger partial charge on any atom is 0.235 e. The van der Waals surface area contributed by atoms with Crippen LogP contribution in [0.1, 0.15) is 12.5 Å². The van der Waals surface area contributed by atoms with Crippen LogP contribution in [0.25, 0.3) is 0 Å². The Morgan fingerprint density at radius 3 is 2.92 bits per heavy atom. The first-order chi connectivity index (χ1) is 5.72. The van der Waals surface area contributed by atoms with Gasteiger partial charge in [-0.25, -0.2) is 4.39 Å². The molecule has 0 heterocycles. The van der Waals surface area contributed by atoms with E-state index < -0.39 is 6.36 Å². The highest BCUT2D eigenvalue weighted by Crippen LogP contribution is 2.14. The van der Waals surface area contributed by atoms with Crippen LogP contribution in [0.2, 0.25) is 0 Å². The fraction of sp³-hybridized carbons (Fsp3) is 0.333. The van der Waals surface area contributed by atoms with Crippen molar-refractivity contribution in [2.45, 2.75) is 19.8 Å². The Balaban J connectivity index is 2.72. The number of benzene rings is 1. The first kappa shape index (κ1) is 9.00. The highest BCUT2D eigenvalue weighted by atomic mass is 19.1. The quantitative estimate of drug-likeness (QED) is 0.749. The van der Waals surface area contributed by atoms with E-state index >= 15 is 0 Å². The molecule has 2 nitrogen and oxygen atoms in total. The van der Waals surface area contributed by atoms with Crippen molar-refractivity contribution in [3.05, 3.63) is 29.8 Å². The van der Waals surface area contributed by atoms with Crippen molar-refractivity contribution in [3.63, 3.8) is 0 Å². The second-order valence-electron chi connectivity index (χ2n) is 2.51. The third-order valence-electron chi connectivity index (χ3n) is 1.43. The second kappa shape index (κ2) is 4.07. The molecule has 2 N–H and O–H groups in total. The van der Waals surface area contributed by atoms with Crippen molar-refractivity contribution in [2.24, 2.45) is 5.73 Å². The van der Waals surface area contributed by atoms with Gasteiger partial charge in [0.1, 0.15) is 5.75 Å². The lowest BCUT2D eigenvalue weighted by Crippen LogP contribution is -2.04. The molecule has 0 aliphatic carbocycles. The summed E-state index contributed by atoms with van der Waals surface area (Å²) in [5, 5.41) is 0. The van der Waals surface area contributed by atoms with Crippen molar-refractivity contribution < 1.29 is 9.13 Å². The molecular weight excluding hydrogens is 157 g/mol. The van der Waals surface area contributed by atoms with E-state index in [1.54, 1.807) is 18.2 Å². The lowest BCUT2D eigenvalue weighted by atomic mass is 10.2. The number of hydrogen-bond donors (Lipinski definition) is 1. The molecule has 1 aromatic carbocycles. The van der Waals surface area contributed by atoms with Crippen LogP contribution in [0.3, 0.4) is 0 Å². The summed E-state index contributed by atoms with van der Waals surface area (Å²) >= 11 is 0. The van der Waals surface area contributed by atoms with Gasteiger partial charge in [-0.2, -0.15) is 0 Å². The Hall–Kier alpha value is -1.09. The van der Waals surface area contributed by atoms with Gasteiger partial charge in [0, 0.05) is 13.5 Å². The van der Waals surface area contributed by atoms with Crippen LogP contribution >= 0.6 is 0 Å². The fourth-order valence-electron chi connectivity index (χ4n) is 0.933. The third kappa shape index (κ3) is 2.51. The minimum atomic E-state index is -1.28. The highest BCUT2D eigenvalue weighted by Gasteiger charge is 1.99. The van der Waals surface area contributed by atoms with Crippen LogP contribution in [0, 0.1) is 0 Å². The fourth-order valence-corrected chi connectivity index (χ4v) is 0.933. The summed E-state index contributed by atoms with van der Waals surface area (Å²) in [6.07, 6.45) is -1.28. The van der Waals surface area contributed by atoms with E-state index in [1.165, 1.54) is 6.92 Å². The predicted molar refractivity (Wildman–Crippen MR) is 45.5 cm³/mol. The molecule has 0 amide bonds. The van der Waals surface area contributed by atoms with E-state index in [0.29, 0.717) is 12.3 Å². The monoisotopic (exact) mass is 169 g/mol. The number of rotatable bonds is 3. The van der Waals surface area contributed by atoms with Gasteiger partial charge in [-0.1, -0.05) is 12.1 Å². The summed E-state index contributed by atoms with van der Waals surface area (Å²) in [5.74, 6) is 0.521. The first-order valence-electron chi connectivity index (χ1n) is 3.82. The zero-order chi connectivity index (χ0) is 8.97. The number of halogens is 1. The standard InChI is InChI=1S/C9H12FNO/c1-7(10)12-9-4-2-3-8(5-9)6-11/h2-5,7H,6,11H2,1H3. The Labute approximate surface area is 71.1 Å². The van der Waals surface area contributed by atoms with E-state index in [-0.39, 0.29) is 0 Å². The number of nitrogens with two attached hydrogens (primary N) is 1. The molecule has 12 heavy (non-hydrogen) atoms. The van der Waals surface area contributed by atoms with Crippen molar-refractivity contribution in [2.75, 3.05) is 0 Å². The normalized spacial score (nSPS) is 12.6. The molecule has 1 rings (SSSR count). The van der Waals surface area contributed by atoms with E-state index in [1.807, 2.05) is 6.07 Å². The van der Waals surface area contributed by atoms with Crippen molar-refractivity contribution in [1.82, 2.24) is 0 Å². The smallest absolute Gasteiger partial charge is 0.235 e. The maximum absolute atomic E-state index is 12.4. The average Bonchev–Trinajstić information content (AvgIpc) is 2.03. The topological polar surface area (TPSA) is 35.2 Å². The number of alkyl halides is 1. The summed E-state index contributed by atoms with van der Waals surface area (Å²) in [6.45, 7) is 1.78. The van der Waals surface area contributed by atoms with E-state index in [0.717, 1.165) is 5.56 Å². The molecule has 1 unspecified atom stereocenters. The van der Waals surface area contributed by atoms with E-state index in [4.69, 9.17) is 10.5 Å². The Morgan fingerprint density at radius 2 is 2.33 bits per heavy atom. The lowest BCUT2D eigenvalue weighted by molar-refractivity contribution is 0.0860. The zero-order valence-corrected chi connectivity index (χ0v) is 6.96. The number of ether oxygens (including phenoxy) is 1. The SMILES string of the molecule is CC(F)Oc1cccc(CN)c1. The molecule has 3 heteroatoms. The van der Waals surface area contributed by atoms with Gasteiger partial charge in [-0.15, -0.1) is 0 Å². The molecule has 0 bridgehead atoms. The maximum atomic E-state index is 12.4. The Morgan fingerprint density at radius 1 is 1.58 bits per heavy atom. The highest BCUT2D eigenvalue weighted by molar-refractivity contribution is 5.28. The van der Waals surface area contributed by atoms with Crippen LogP contribution in [0.4, 0.5) is 4.39 Å². The first-order valence-corrected chi connectivity index (χ1v) is 3.82. The molecule has 66 valence electrons. The van der Waals surface area contributed by atoms with E-state index in [2.05, 4.69) is 0 Å². The van der Waals surface area contributed by atoms with Gasteiger partial charge in [0.15, 0.2) is 0 Å². The van der Waals surface area contributed by atoms with Gasteiger partial charge in [0.05, 0.1) is 0 Å². The zero-order valence-electron chi connectivity index (χ0n) is 6.96. The van der Waals surface area contributed by atoms with Crippen molar-refractivity contribution in [1.29, 1.82) is 0 Å². The second-order valence-corrected chi connectivity index (χ2v) is 2.51. The third-order valence-corrected chi connectivity index (χ3v) is 1.43. The van der Waals surface area contributed by atoms with Gasteiger partial charge in [0.25, 0.3) is 0 Å². The summed E-state index contributed by atoms with van der Waals surface area (Å²) in [4.78, 5) is 0. The Kier molecular flexibility index (Phi) is 3.05. The average molecular weight is 169 g/mol. The molecule has 0 aliphatic heterocycles. The minimum Gasteiger partial charge on any atom is -0.461 e. The molecular formula is C9H12FNO. The van der Waals surface area contributed by atoms with Crippen LogP contribution in [-0.2, 0) is 6.54 Å².